The zero-order valence-corrected chi connectivity index (χ0v) is 10.6. The maximum absolute atomic E-state index is 11.6. The van der Waals surface area contributed by atoms with E-state index >= 15 is 0 Å². The van der Waals surface area contributed by atoms with Crippen LogP contribution in [0.15, 0.2) is 29.3 Å². The Morgan fingerprint density at radius 1 is 1.17 bits per heavy atom. The number of unbranched alkanes of at least 4 members (excludes halogenated alkanes) is 3. The first-order chi connectivity index (χ1) is 8.65. The fourth-order valence-electron chi connectivity index (χ4n) is 1.48. The average molecular weight is 246 g/mol. The molecule has 0 radical (unpaired) electrons. The molecule has 4 heteroatoms. The molecule has 0 bridgehead atoms. The van der Waals surface area contributed by atoms with E-state index in [1.54, 1.807) is 18.3 Å². The first-order valence-corrected chi connectivity index (χ1v) is 6.12. The van der Waals surface area contributed by atoms with Crippen LogP contribution >= 0.6 is 0 Å². The molecule has 96 valence electrons. The third-order valence-electron chi connectivity index (χ3n) is 2.56. The molecule has 0 saturated carbocycles. The predicted molar refractivity (Wildman–Crippen MR) is 71.9 cm³/mol. The summed E-state index contributed by atoms with van der Waals surface area (Å²) in [5, 5.41) is 0. The standard InChI is InChI=1S/C14H18N2O2/c1-2-3-4-5-10-16-14(18)12-8-6-11(7-9-12)13(15)17/h6-10H,2-5H2,1H3,(H2,15,17). The largest absolute Gasteiger partial charge is 0.366 e. The van der Waals surface area contributed by atoms with E-state index < -0.39 is 5.91 Å². The van der Waals surface area contributed by atoms with E-state index in [2.05, 4.69) is 11.9 Å². The second-order valence-electron chi connectivity index (χ2n) is 4.05. The van der Waals surface area contributed by atoms with Crippen LogP contribution in [-0.2, 0) is 0 Å². The molecule has 0 aliphatic rings. The number of nitrogens with two attached hydrogens (primary N) is 1. The van der Waals surface area contributed by atoms with Crippen LogP contribution < -0.4 is 5.73 Å². The van der Waals surface area contributed by atoms with Crippen LogP contribution in [0.5, 0.6) is 0 Å². The number of amides is 2. The highest BCUT2D eigenvalue weighted by molar-refractivity contribution is 6.00. The van der Waals surface area contributed by atoms with E-state index in [1.807, 2.05) is 0 Å². The normalized spacial score (nSPS) is 10.7. The first kappa shape index (κ1) is 14.1. The van der Waals surface area contributed by atoms with Gasteiger partial charge in [-0.05, 0) is 37.1 Å². The fourth-order valence-corrected chi connectivity index (χ4v) is 1.48. The number of hydrogen-bond acceptors (Lipinski definition) is 2. The molecule has 2 N–H and O–H groups in total. The van der Waals surface area contributed by atoms with Crippen molar-refractivity contribution in [1.29, 1.82) is 0 Å². The lowest BCUT2D eigenvalue weighted by Gasteiger charge is -1.97. The molecular weight excluding hydrogens is 228 g/mol. The zero-order valence-electron chi connectivity index (χ0n) is 10.6. The van der Waals surface area contributed by atoms with Gasteiger partial charge in [-0.2, -0.15) is 0 Å². The summed E-state index contributed by atoms with van der Waals surface area (Å²) in [6.45, 7) is 2.13. The number of nitrogens with zero attached hydrogens (tertiary/aromatic N) is 1. The molecule has 0 aliphatic heterocycles. The van der Waals surface area contributed by atoms with E-state index in [0.717, 1.165) is 25.7 Å². The molecule has 0 aliphatic carbocycles. The Morgan fingerprint density at radius 3 is 2.33 bits per heavy atom. The molecule has 1 aromatic carbocycles. The van der Waals surface area contributed by atoms with Gasteiger partial charge >= 0.3 is 0 Å². The molecular formula is C14H18N2O2. The van der Waals surface area contributed by atoms with Crippen molar-refractivity contribution in [3.05, 3.63) is 35.4 Å². The molecule has 18 heavy (non-hydrogen) atoms. The van der Waals surface area contributed by atoms with Crippen LogP contribution in [-0.4, -0.2) is 18.0 Å². The van der Waals surface area contributed by atoms with E-state index in [9.17, 15) is 9.59 Å². The highest BCUT2D eigenvalue weighted by atomic mass is 16.1. The monoisotopic (exact) mass is 246 g/mol. The Balaban J connectivity index is 2.53. The zero-order chi connectivity index (χ0) is 13.4. The molecule has 0 unspecified atom stereocenters. The Bertz CT molecular complexity index is 436. The van der Waals surface area contributed by atoms with Crippen molar-refractivity contribution in [2.24, 2.45) is 10.7 Å². The third-order valence-corrected chi connectivity index (χ3v) is 2.56. The fraction of sp³-hybridized carbons (Fsp3) is 0.357. The summed E-state index contributed by atoms with van der Waals surface area (Å²) in [5.41, 5.74) is 5.97. The van der Waals surface area contributed by atoms with E-state index in [0.29, 0.717) is 11.1 Å². The Kier molecular flexibility index (Phi) is 5.77. The van der Waals surface area contributed by atoms with Crippen LogP contribution in [0.4, 0.5) is 0 Å². The number of benzene rings is 1. The van der Waals surface area contributed by atoms with E-state index in [1.165, 1.54) is 12.1 Å². The SMILES string of the molecule is CCCCCC=NC(=O)c1ccc(C(N)=O)cc1. The summed E-state index contributed by atoms with van der Waals surface area (Å²) >= 11 is 0. The highest BCUT2D eigenvalue weighted by Crippen LogP contribution is 2.05. The molecule has 0 aromatic heterocycles. The number of carbonyl (C=O) groups excluding carboxylic acids is 2. The van der Waals surface area contributed by atoms with Crippen molar-refractivity contribution in [3.8, 4) is 0 Å². The smallest absolute Gasteiger partial charge is 0.276 e. The minimum Gasteiger partial charge on any atom is -0.366 e. The number of rotatable bonds is 6. The van der Waals surface area contributed by atoms with Crippen molar-refractivity contribution < 1.29 is 9.59 Å². The van der Waals surface area contributed by atoms with Gasteiger partial charge in [0.15, 0.2) is 0 Å². The van der Waals surface area contributed by atoms with Gasteiger partial charge in [0.1, 0.15) is 0 Å². The minimum atomic E-state index is -0.503. The lowest BCUT2D eigenvalue weighted by molar-refractivity contribution is 0.0990. The van der Waals surface area contributed by atoms with Gasteiger partial charge in [-0.25, -0.2) is 4.99 Å². The van der Waals surface area contributed by atoms with E-state index in [-0.39, 0.29) is 5.91 Å². The lowest BCUT2D eigenvalue weighted by atomic mass is 10.1. The van der Waals surface area contributed by atoms with Gasteiger partial charge in [0.05, 0.1) is 0 Å². The molecule has 0 saturated heterocycles. The molecule has 0 fully saturated rings. The molecule has 1 rings (SSSR count). The van der Waals surface area contributed by atoms with Gasteiger partial charge in [0.25, 0.3) is 5.91 Å². The number of hydrogen-bond donors (Lipinski definition) is 1. The summed E-state index contributed by atoms with van der Waals surface area (Å²) in [6.07, 6.45) is 5.82. The maximum atomic E-state index is 11.6. The first-order valence-electron chi connectivity index (χ1n) is 6.12. The van der Waals surface area contributed by atoms with Crippen molar-refractivity contribution in [2.75, 3.05) is 0 Å². The lowest BCUT2D eigenvalue weighted by Crippen LogP contribution is -2.10. The topological polar surface area (TPSA) is 72.5 Å². The van der Waals surface area contributed by atoms with Gasteiger partial charge in [0, 0.05) is 17.3 Å². The number of carbonyl (C=O) groups is 2. The van der Waals surface area contributed by atoms with Crippen molar-refractivity contribution in [2.45, 2.75) is 32.6 Å². The molecule has 0 heterocycles. The summed E-state index contributed by atoms with van der Waals surface area (Å²) in [7, 11) is 0. The second kappa shape index (κ2) is 7.37. The quantitative estimate of drug-likeness (QED) is 0.619. The van der Waals surface area contributed by atoms with Crippen LogP contribution in [0.3, 0.4) is 0 Å². The van der Waals surface area contributed by atoms with Gasteiger partial charge in [-0.1, -0.05) is 19.8 Å². The van der Waals surface area contributed by atoms with Gasteiger partial charge < -0.3 is 5.73 Å². The molecule has 4 nitrogen and oxygen atoms in total. The number of primary amides is 1. The number of aliphatic imine (C=N–C) groups is 1. The van der Waals surface area contributed by atoms with Gasteiger partial charge in [-0.3, -0.25) is 9.59 Å². The summed E-state index contributed by atoms with van der Waals surface area (Å²) in [4.78, 5) is 26.4. The Hall–Kier alpha value is -1.97. The van der Waals surface area contributed by atoms with Crippen molar-refractivity contribution in [3.63, 3.8) is 0 Å². The summed E-state index contributed by atoms with van der Waals surface area (Å²) < 4.78 is 0. The van der Waals surface area contributed by atoms with Crippen LogP contribution in [0.2, 0.25) is 0 Å². The molecule has 0 spiro atoms. The summed E-state index contributed by atoms with van der Waals surface area (Å²) in [6, 6.07) is 6.18. The van der Waals surface area contributed by atoms with Gasteiger partial charge in [-0.15, -0.1) is 0 Å². The minimum absolute atomic E-state index is 0.289. The predicted octanol–water partition coefficient (Wildman–Crippen LogP) is 2.58. The highest BCUT2D eigenvalue weighted by Gasteiger charge is 2.04. The maximum Gasteiger partial charge on any atom is 0.276 e. The molecule has 1 aromatic rings. The Morgan fingerprint density at radius 2 is 1.78 bits per heavy atom. The third kappa shape index (κ3) is 4.49. The van der Waals surface area contributed by atoms with Gasteiger partial charge in [0.2, 0.25) is 5.91 Å². The summed E-state index contributed by atoms with van der Waals surface area (Å²) in [5.74, 6) is -0.792. The average Bonchev–Trinajstić information content (AvgIpc) is 2.38. The second-order valence-corrected chi connectivity index (χ2v) is 4.05. The van der Waals surface area contributed by atoms with E-state index in [4.69, 9.17) is 5.73 Å². The van der Waals surface area contributed by atoms with Crippen molar-refractivity contribution in [1.82, 2.24) is 0 Å². The molecule has 2 amide bonds. The van der Waals surface area contributed by atoms with Crippen molar-refractivity contribution >= 4 is 18.0 Å². The van der Waals surface area contributed by atoms with Crippen LogP contribution in [0.25, 0.3) is 0 Å². The van der Waals surface area contributed by atoms with Crippen LogP contribution in [0, 0.1) is 0 Å². The van der Waals surface area contributed by atoms with Crippen LogP contribution in [0.1, 0.15) is 53.3 Å². The Labute approximate surface area is 107 Å². The molecule has 0 atom stereocenters.